The monoisotopic (exact) mass is 402 g/mol. The maximum absolute atomic E-state index is 4.97. The van der Waals surface area contributed by atoms with E-state index in [1.807, 2.05) is 18.6 Å². The van der Waals surface area contributed by atoms with Crippen LogP contribution >= 0.6 is 0 Å². The van der Waals surface area contributed by atoms with E-state index in [-0.39, 0.29) is 0 Å². The van der Waals surface area contributed by atoms with Crippen molar-refractivity contribution in [3.63, 3.8) is 0 Å². The molecule has 2 aliphatic heterocycles. The molecule has 154 valence electrons. The Morgan fingerprint density at radius 2 is 1.83 bits per heavy atom. The summed E-state index contributed by atoms with van der Waals surface area (Å²) in [6.07, 6.45) is 11.7. The van der Waals surface area contributed by atoms with Gasteiger partial charge < -0.3 is 15.2 Å². The number of rotatable bonds is 3. The van der Waals surface area contributed by atoms with Crippen molar-refractivity contribution in [1.29, 1.82) is 0 Å². The van der Waals surface area contributed by atoms with E-state index >= 15 is 0 Å². The summed E-state index contributed by atoms with van der Waals surface area (Å²) < 4.78 is 0. The molecule has 0 unspecified atom stereocenters. The number of pyridine rings is 2. The molecule has 3 N–H and O–H groups in total. The highest BCUT2D eigenvalue weighted by Crippen LogP contribution is 2.32. The highest BCUT2D eigenvalue weighted by atomic mass is 15.2. The third-order valence-electron chi connectivity index (χ3n) is 6.52. The van der Waals surface area contributed by atoms with Crippen LogP contribution in [0.2, 0.25) is 0 Å². The van der Waals surface area contributed by atoms with Gasteiger partial charge >= 0.3 is 0 Å². The molecule has 8 heteroatoms. The molecule has 6 heterocycles. The zero-order valence-corrected chi connectivity index (χ0v) is 17.0. The molecule has 0 aromatic carbocycles. The molecule has 0 radical (unpaired) electrons. The van der Waals surface area contributed by atoms with E-state index in [4.69, 9.17) is 9.97 Å². The molecule has 30 heavy (non-hydrogen) atoms. The summed E-state index contributed by atoms with van der Waals surface area (Å²) >= 11 is 0. The largest absolute Gasteiger partial charge is 0.368 e. The summed E-state index contributed by atoms with van der Waals surface area (Å²) in [5.74, 6) is 1.29. The van der Waals surface area contributed by atoms with Gasteiger partial charge in [0.2, 0.25) is 0 Å². The molecule has 0 saturated carbocycles. The lowest BCUT2D eigenvalue weighted by Crippen LogP contribution is -2.29. The first kappa shape index (κ1) is 17.8. The van der Waals surface area contributed by atoms with Gasteiger partial charge in [0.05, 0.1) is 35.3 Å². The van der Waals surface area contributed by atoms with Crippen molar-refractivity contribution < 1.29 is 0 Å². The Morgan fingerprint density at radius 1 is 0.967 bits per heavy atom. The van der Waals surface area contributed by atoms with Gasteiger partial charge in [0.15, 0.2) is 5.82 Å². The molecule has 0 bridgehead atoms. The Balaban J connectivity index is 1.42. The highest BCUT2D eigenvalue weighted by Gasteiger charge is 2.21. The lowest BCUT2D eigenvalue weighted by atomic mass is 9.93. The topological polar surface area (TPSA) is 98.4 Å². The van der Waals surface area contributed by atoms with Crippen molar-refractivity contribution in [2.75, 3.05) is 31.1 Å². The number of nitrogens with one attached hydrogen (secondary N) is 3. The summed E-state index contributed by atoms with van der Waals surface area (Å²) in [5.41, 5.74) is 5.99. The second-order valence-corrected chi connectivity index (χ2v) is 8.44. The van der Waals surface area contributed by atoms with E-state index in [1.165, 1.54) is 19.3 Å². The number of piperidine rings is 2. The number of hydrogen-bond donors (Lipinski definition) is 3. The first-order valence-electron chi connectivity index (χ1n) is 11.0. The fourth-order valence-corrected chi connectivity index (χ4v) is 4.85. The van der Waals surface area contributed by atoms with Gasteiger partial charge in [-0.25, -0.2) is 4.98 Å². The SMILES string of the molecule is c1ncc2[nH]c(-c3n[nH]c4cnc(C5CCNCC5)cc34)nc2c1N1CCCCC1. The standard InChI is InChI=1S/C22H26N8/c1-2-8-30(9-3-1)19-13-24-11-18-21(19)27-22(26-18)20-15-10-16(14-4-6-23-7-5-14)25-12-17(15)28-29-20/h10-14,23H,1-9H2,(H,26,27)(H,28,29). The third kappa shape index (κ3) is 3.02. The van der Waals surface area contributed by atoms with Gasteiger partial charge in [0.1, 0.15) is 11.2 Å². The molecular weight excluding hydrogens is 376 g/mol. The van der Waals surface area contributed by atoms with Crippen LogP contribution in [0.4, 0.5) is 5.69 Å². The van der Waals surface area contributed by atoms with E-state index < -0.39 is 0 Å². The fourth-order valence-electron chi connectivity index (χ4n) is 4.85. The van der Waals surface area contributed by atoms with Crippen molar-refractivity contribution in [1.82, 2.24) is 35.5 Å². The number of nitrogens with zero attached hydrogens (tertiary/aromatic N) is 5. The van der Waals surface area contributed by atoms with Crippen LogP contribution in [0.25, 0.3) is 33.5 Å². The third-order valence-corrected chi connectivity index (χ3v) is 6.52. The molecule has 2 aliphatic rings. The van der Waals surface area contributed by atoms with Crippen LogP contribution in [-0.4, -0.2) is 56.3 Å². The van der Waals surface area contributed by atoms with Crippen molar-refractivity contribution in [2.24, 2.45) is 0 Å². The van der Waals surface area contributed by atoms with Gasteiger partial charge in [0.25, 0.3) is 0 Å². The van der Waals surface area contributed by atoms with Gasteiger partial charge in [-0.1, -0.05) is 0 Å². The van der Waals surface area contributed by atoms with Crippen molar-refractivity contribution in [2.45, 2.75) is 38.0 Å². The molecule has 0 spiro atoms. The highest BCUT2D eigenvalue weighted by molar-refractivity contribution is 5.95. The summed E-state index contributed by atoms with van der Waals surface area (Å²) in [5, 5.41) is 12.2. The Bertz CT molecular complexity index is 1180. The van der Waals surface area contributed by atoms with Crippen molar-refractivity contribution in [3.8, 4) is 11.5 Å². The maximum atomic E-state index is 4.97. The molecule has 8 nitrogen and oxygen atoms in total. The van der Waals surface area contributed by atoms with E-state index in [0.29, 0.717) is 5.92 Å². The molecule has 6 rings (SSSR count). The minimum atomic E-state index is 0.504. The van der Waals surface area contributed by atoms with E-state index in [9.17, 15) is 0 Å². The smallest absolute Gasteiger partial charge is 0.159 e. The molecule has 2 fully saturated rings. The molecule has 0 atom stereocenters. The van der Waals surface area contributed by atoms with E-state index in [0.717, 1.165) is 83.9 Å². The van der Waals surface area contributed by atoms with E-state index in [1.54, 1.807) is 0 Å². The number of fused-ring (bicyclic) bond motifs is 2. The molecule has 4 aromatic heterocycles. The summed E-state index contributed by atoms with van der Waals surface area (Å²) in [7, 11) is 0. The van der Waals surface area contributed by atoms with Crippen LogP contribution in [0.1, 0.15) is 43.7 Å². The second kappa shape index (κ2) is 7.36. The Kier molecular flexibility index (Phi) is 4.37. The summed E-state index contributed by atoms with van der Waals surface area (Å²) in [4.78, 5) is 20.0. The summed E-state index contributed by atoms with van der Waals surface area (Å²) in [6, 6.07) is 2.20. The minimum absolute atomic E-state index is 0.504. The summed E-state index contributed by atoms with van der Waals surface area (Å²) in [6.45, 7) is 4.25. The average molecular weight is 403 g/mol. The Labute approximate surface area is 174 Å². The zero-order chi connectivity index (χ0) is 19.9. The van der Waals surface area contributed by atoms with Crippen LogP contribution < -0.4 is 10.2 Å². The van der Waals surface area contributed by atoms with Crippen LogP contribution in [0.15, 0.2) is 24.7 Å². The zero-order valence-electron chi connectivity index (χ0n) is 17.0. The Hall–Kier alpha value is -3.00. The number of imidazole rings is 1. The maximum Gasteiger partial charge on any atom is 0.159 e. The van der Waals surface area contributed by atoms with Crippen molar-refractivity contribution >= 4 is 27.6 Å². The number of anilines is 1. The number of aromatic amines is 2. The quantitative estimate of drug-likeness (QED) is 0.486. The normalized spacial score (nSPS) is 18.5. The minimum Gasteiger partial charge on any atom is -0.368 e. The van der Waals surface area contributed by atoms with Crippen molar-refractivity contribution in [3.05, 3.63) is 30.4 Å². The fraction of sp³-hybridized carbons (Fsp3) is 0.455. The second-order valence-electron chi connectivity index (χ2n) is 8.44. The predicted molar refractivity (Wildman–Crippen MR) is 118 cm³/mol. The van der Waals surface area contributed by atoms with Gasteiger partial charge in [-0.3, -0.25) is 15.1 Å². The molecular formula is C22H26N8. The average Bonchev–Trinajstić information content (AvgIpc) is 3.43. The number of hydrogen-bond acceptors (Lipinski definition) is 6. The lowest BCUT2D eigenvalue weighted by Gasteiger charge is -2.28. The van der Waals surface area contributed by atoms with Crippen LogP contribution in [-0.2, 0) is 0 Å². The number of aromatic nitrogens is 6. The van der Waals surface area contributed by atoms with Gasteiger partial charge in [-0.2, -0.15) is 5.10 Å². The molecule has 0 amide bonds. The first-order valence-corrected chi connectivity index (χ1v) is 11.0. The predicted octanol–water partition coefficient (Wildman–Crippen LogP) is 3.35. The number of H-pyrrole nitrogens is 2. The first-order chi connectivity index (χ1) is 14.9. The van der Waals surface area contributed by atoms with Crippen LogP contribution in [0.5, 0.6) is 0 Å². The molecule has 2 saturated heterocycles. The van der Waals surface area contributed by atoms with E-state index in [2.05, 4.69) is 36.4 Å². The van der Waals surface area contributed by atoms with Crippen LogP contribution in [0, 0.1) is 0 Å². The van der Waals surface area contributed by atoms with Crippen LogP contribution in [0.3, 0.4) is 0 Å². The van der Waals surface area contributed by atoms with Gasteiger partial charge in [-0.15, -0.1) is 0 Å². The molecule has 0 aliphatic carbocycles. The Morgan fingerprint density at radius 3 is 2.70 bits per heavy atom. The lowest BCUT2D eigenvalue weighted by molar-refractivity contribution is 0.453. The molecule has 4 aromatic rings. The van der Waals surface area contributed by atoms with Gasteiger partial charge in [-0.05, 0) is 51.3 Å². The van der Waals surface area contributed by atoms with Gasteiger partial charge in [0, 0.05) is 30.1 Å².